The molecule has 2 heterocycles. The van der Waals surface area contributed by atoms with Crippen molar-refractivity contribution in [3.63, 3.8) is 0 Å². The Bertz CT molecular complexity index is 735. The first-order valence-electron chi connectivity index (χ1n) is 8.93. The minimum atomic E-state index is -0.725. The van der Waals surface area contributed by atoms with Gasteiger partial charge in [-0.05, 0) is 25.8 Å². The summed E-state index contributed by atoms with van der Waals surface area (Å²) in [7, 11) is 1.72. The second kappa shape index (κ2) is 8.08. The molecule has 5 atom stereocenters. The fourth-order valence-corrected chi connectivity index (χ4v) is 3.97. The van der Waals surface area contributed by atoms with Crippen LogP contribution in [-0.4, -0.2) is 47.5 Å². The molecule has 9 heteroatoms. The van der Waals surface area contributed by atoms with Crippen molar-refractivity contribution >= 4 is 23.4 Å². The molecular weight excluding hydrogens is 378 g/mol. The van der Waals surface area contributed by atoms with E-state index in [9.17, 15) is 18.4 Å². The Morgan fingerprint density at radius 1 is 1.37 bits per heavy atom. The topological polar surface area (TPSA) is 73.5 Å². The molecule has 1 aromatic rings. The highest BCUT2D eigenvalue weighted by Gasteiger charge is 2.42. The summed E-state index contributed by atoms with van der Waals surface area (Å²) in [6, 6.07) is 1.85. The van der Waals surface area contributed by atoms with Crippen LogP contribution in [0.5, 0.6) is 0 Å². The number of carbonyl (C=O) groups is 2. The molecule has 0 radical (unpaired) electrons. The Hall–Kier alpha value is -1.77. The van der Waals surface area contributed by atoms with Crippen LogP contribution in [0.15, 0.2) is 18.2 Å². The zero-order chi connectivity index (χ0) is 19.7. The summed E-state index contributed by atoms with van der Waals surface area (Å²) in [6.45, 7) is 1.60. The molecule has 0 aromatic heterocycles. The smallest absolute Gasteiger partial charge is 0.240 e. The number of carbonyl (C=O) groups excluding carboxylic acids is 2. The van der Waals surface area contributed by atoms with E-state index in [4.69, 9.17) is 11.6 Å². The first kappa shape index (κ1) is 20.0. The van der Waals surface area contributed by atoms with Crippen molar-refractivity contribution in [3.05, 3.63) is 35.4 Å². The minimum absolute atomic E-state index is 0.0148. The first-order chi connectivity index (χ1) is 12.8. The molecule has 1 aromatic carbocycles. The van der Waals surface area contributed by atoms with E-state index in [0.717, 1.165) is 25.0 Å². The number of hydrogen-bond acceptors (Lipinski definition) is 4. The van der Waals surface area contributed by atoms with Gasteiger partial charge in [0.25, 0.3) is 0 Å². The lowest BCUT2D eigenvalue weighted by atomic mass is 9.96. The summed E-state index contributed by atoms with van der Waals surface area (Å²) >= 11 is 6.14. The lowest BCUT2D eigenvalue weighted by Crippen LogP contribution is -2.71. The highest BCUT2D eigenvalue weighted by molar-refractivity contribution is 6.20. The number of rotatable bonds is 4. The molecule has 3 rings (SSSR count). The second-order valence-electron chi connectivity index (χ2n) is 7.08. The molecular formula is C18H23ClF2N4O2. The zero-order valence-corrected chi connectivity index (χ0v) is 15.9. The quantitative estimate of drug-likeness (QED) is 0.530. The van der Waals surface area contributed by atoms with E-state index in [-0.39, 0.29) is 35.6 Å². The molecule has 3 N–H and O–H groups in total. The number of halogens is 3. The van der Waals surface area contributed by atoms with Gasteiger partial charge in [-0.2, -0.15) is 0 Å². The highest BCUT2D eigenvalue weighted by Crippen LogP contribution is 2.24. The van der Waals surface area contributed by atoms with Crippen molar-refractivity contribution in [2.75, 3.05) is 7.05 Å². The number of hydrogen-bond donors (Lipinski definition) is 3. The number of alkyl halides is 1. The Morgan fingerprint density at radius 2 is 2.11 bits per heavy atom. The summed E-state index contributed by atoms with van der Waals surface area (Å²) in [4.78, 5) is 26.6. The van der Waals surface area contributed by atoms with Gasteiger partial charge in [0.15, 0.2) is 0 Å². The van der Waals surface area contributed by atoms with Crippen molar-refractivity contribution in [1.82, 2.24) is 20.9 Å². The van der Waals surface area contributed by atoms with Gasteiger partial charge in [0.05, 0.1) is 36.2 Å². The Kier molecular flexibility index (Phi) is 5.98. The number of likely N-dealkylation sites (N-methyl/N-ethyl adjacent to an activating group) is 1. The highest BCUT2D eigenvalue weighted by atomic mass is 35.5. The van der Waals surface area contributed by atoms with Crippen molar-refractivity contribution in [2.45, 2.75) is 56.0 Å². The summed E-state index contributed by atoms with van der Waals surface area (Å²) < 4.78 is 26.9. The van der Waals surface area contributed by atoms with E-state index in [1.54, 1.807) is 18.9 Å². The van der Waals surface area contributed by atoms with Crippen LogP contribution in [0, 0.1) is 11.6 Å². The van der Waals surface area contributed by atoms with E-state index < -0.39 is 29.6 Å². The van der Waals surface area contributed by atoms with E-state index in [1.807, 2.05) is 0 Å². The summed E-state index contributed by atoms with van der Waals surface area (Å²) in [5.74, 6) is -1.97. The van der Waals surface area contributed by atoms with Crippen LogP contribution < -0.4 is 16.0 Å². The van der Waals surface area contributed by atoms with Gasteiger partial charge in [0.2, 0.25) is 11.8 Å². The Morgan fingerprint density at radius 3 is 2.81 bits per heavy atom. The molecule has 6 nitrogen and oxygen atoms in total. The maximum absolute atomic E-state index is 13.9. The predicted molar refractivity (Wildman–Crippen MR) is 96.8 cm³/mol. The third-order valence-electron chi connectivity index (χ3n) is 5.18. The van der Waals surface area contributed by atoms with Gasteiger partial charge in [-0.1, -0.05) is 6.07 Å². The Labute approximate surface area is 161 Å². The fraction of sp³-hybridized carbons (Fsp3) is 0.556. The molecule has 0 bridgehead atoms. The normalized spacial score (nSPS) is 29.2. The average molecular weight is 401 g/mol. The molecule has 0 saturated carbocycles. The molecule has 2 saturated heterocycles. The fourth-order valence-electron chi connectivity index (χ4n) is 3.71. The molecule has 2 aliphatic heterocycles. The van der Waals surface area contributed by atoms with E-state index in [2.05, 4.69) is 16.0 Å². The molecule has 3 unspecified atom stereocenters. The molecule has 2 fully saturated rings. The van der Waals surface area contributed by atoms with Crippen LogP contribution in [0.2, 0.25) is 0 Å². The maximum Gasteiger partial charge on any atom is 0.240 e. The monoisotopic (exact) mass is 400 g/mol. The number of benzene rings is 1. The van der Waals surface area contributed by atoms with Crippen LogP contribution in [0.4, 0.5) is 8.78 Å². The Balaban J connectivity index is 1.62. The molecule has 2 amide bonds. The second-order valence-corrected chi connectivity index (χ2v) is 7.61. The minimum Gasteiger partial charge on any atom is -0.349 e. The standard InChI is InChI=1S/C18H23ClF2N4O2/c1-9(11-4-3-10(20)7-12(11)21)22-16(26)8-13-18(27)25(2)14-5-6-15(19)24-17(14)23-13/h3-4,7,9,13-15,17,23-24H,5-6,8H2,1-2H3,(H,22,26)/t9-,13+,14?,15?,17?/m0/s1. The van der Waals surface area contributed by atoms with Crippen LogP contribution >= 0.6 is 11.6 Å². The summed E-state index contributed by atoms with van der Waals surface area (Å²) in [6.07, 6.45) is 1.26. The molecule has 0 aliphatic carbocycles. The largest absolute Gasteiger partial charge is 0.349 e. The lowest BCUT2D eigenvalue weighted by molar-refractivity contribution is -0.143. The predicted octanol–water partition coefficient (Wildman–Crippen LogP) is 1.61. The molecule has 148 valence electrons. The maximum atomic E-state index is 13.9. The van der Waals surface area contributed by atoms with Crippen LogP contribution in [-0.2, 0) is 9.59 Å². The van der Waals surface area contributed by atoms with Crippen molar-refractivity contribution in [1.29, 1.82) is 0 Å². The van der Waals surface area contributed by atoms with E-state index in [0.29, 0.717) is 0 Å². The van der Waals surface area contributed by atoms with Gasteiger partial charge < -0.3 is 10.2 Å². The van der Waals surface area contributed by atoms with Crippen molar-refractivity contribution in [3.8, 4) is 0 Å². The third-order valence-corrected chi connectivity index (χ3v) is 5.53. The molecule has 2 aliphatic rings. The zero-order valence-electron chi connectivity index (χ0n) is 15.1. The van der Waals surface area contributed by atoms with E-state index >= 15 is 0 Å². The molecule has 27 heavy (non-hydrogen) atoms. The van der Waals surface area contributed by atoms with Gasteiger partial charge >= 0.3 is 0 Å². The SMILES string of the molecule is C[C@H](NC(=O)C[C@H]1NC2NC(Cl)CCC2N(C)C1=O)c1ccc(F)cc1F. The van der Waals surface area contributed by atoms with Gasteiger partial charge in [-0.3, -0.25) is 20.2 Å². The van der Waals surface area contributed by atoms with Gasteiger partial charge in [-0.15, -0.1) is 11.6 Å². The number of fused-ring (bicyclic) bond motifs is 1. The number of amides is 2. The van der Waals surface area contributed by atoms with Crippen LogP contribution in [0.1, 0.15) is 37.8 Å². The number of piperidine rings is 1. The van der Waals surface area contributed by atoms with Crippen LogP contribution in [0.3, 0.4) is 0 Å². The first-order valence-corrected chi connectivity index (χ1v) is 9.37. The van der Waals surface area contributed by atoms with Crippen LogP contribution in [0.25, 0.3) is 0 Å². The third kappa shape index (κ3) is 4.39. The van der Waals surface area contributed by atoms with Crippen molar-refractivity contribution in [2.24, 2.45) is 0 Å². The van der Waals surface area contributed by atoms with Crippen molar-refractivity contribution < 1.29 is 18.4 Å². The summed E-state index contributed by atoms with van der Waals surface area (Å²) in [5, 5.41) is 9.01. The van der Waals surface area contributed by atoms with Gasteiger partial charge in [0, 0.05) is 18.7 Å². The van der Waals surface area contributed by atoms with Gasteiger partial charge in [0.1, 0.15) is 11.6 Å². The average Bonchev–Trinajstić information content (AvgIpc) is 2.59. The number of nitrogens with zero attached hydrogens (tertiary/aromatic N) is 1. The number of piperazine rings is 1. The van der Waals surface area contributed by atoms with Gasteiger partial charge in [-0.25, -0.2) is 8.78 Å². The van der Waals surface area contributed by atoms with E-state index in [1.165, 1.54) is 6.07 Å². The molecule has 0 spiro atoms. The summed E-state index contributed by atoms with van der Waals surface area (Å²) in [5.41, 5.74) is 0.0000862. The lowest BCUT2D eigenvalue weighted by Gasteiger charge is -2.47. The number of nitrogens with one attached hydrogen (secondary N) is 3.